The molecule has 0 fully saturated rings. The summed E-state index contributed by atoms with van der Waals surface area (Å²) in [6.07, 6.45) is 24.1. The van der Waals surface area contributed by atoms with Crippen molar-refractivity contribution < 1.29 is 0 Å². The van der Waals surface area contributed by atoms with Crippen LogP contribution in [0.2, 0.25) is 0 Å². The molecule has 0 aliphatic rings. The van der Waals surface area contributed by atoms with Crippen LogP contribution < -0.4 is 26.4 Å². The number of hydrogen-bond acceptors (Lipinski definition) is 9. The summed E-state index contributed by atoms with van der Waals surface area (Å²) in [6.45, 7) is 9.73. The van der Waals surface area contributed by atoms with E-state index < -0.39 is 0 Å². The van der Waals surface area contributed by atoms with E-state index in [0.29, 0.717) is 5.95 Å². The molecule has 1 rings (SSSR count). The van der Waals surface area contributed by atoms with Gasteiger partial charge in [0.25, 0.3) is 5.95 Å². The van der Waals surface area contributed by atoms with Crippen LogP contribution in [0, 0.1) is 0 Å². The third kappa shape index (κ3) is 16.8. The summed E-state index contributed by atoms with van der Waals surface area (Å²) >= 11 is 0. The summed E-state index contributed by atoms with van der Waals surface area (Å²) in [5.74, 6) is 0.510. The normalized spacial score (nSPS) is 14.0. The monoisotopic (exact) mass is 581 g/mol. The Morgan fingerprint density at radius 3 is 1.88 bits per heavy atom. The molecule has 2 unspecified atom stereocenters. The van der Waals surface area contributed by atoms with Crippen LogP contribution in [0.4, 0.5) is 5.95 Å². The molecule has 10 heteroatoms. The molecule has 0 bridgehead atoms. The number of rotatable bonds is 30. The van der Waals surface area contributed by atoms with Crippen molar-refractivity contribution in [3.8, 4) is 0 Å². The van der Waals surface area contributed by atoms with Gasteiger partial charge in [-0.3, -0.25) is 25.9 Å². The predicted molar refractivity (Wildman–Crippen MR) is 175 cm³/mol. The number of hydrogen-bond donors (Lipinski definition) is 5. The van der Waals surface area contributed by atoms with Crippen LogP contribution >= 0.6 is 0 Å². The van der Waals surface area contributed by atoms with Gasteiger partial charge in [0.2, 0.25) is 0 Å². The molecule has 1 aromatic heterocycles. The lowest BCUT2D eigenvalue weighted by Gasteiger charge is -2.42. The van der Waals surface area contributed by atoms with Crippen molar-refractivity contribution in [2.75, 3.05) is 45.8 Å². The lowest BCUT2D eigenvalue weighted by Crippen LogP contribution is -2.65. The van der Waals surface area contributed by atoms with E-state index in [0.717, 1.165) is 38.9 Å². The SMILES string of the molecule is CCCCCCCCNN(c1nn[nH]n1)C(CCCCCCCCC(NCC)(NCCCCCCC)N(C)C)NC. The third-order valence-corrected chi connectivity index (χ3v) is 8.20. The van der Waals surface area contributed by atoms with E-state index in [1.54, 1.807) is 0 Å². The molecule has 1 aromatic rings. The maximum absolute atomic E-state index is 4.25. The van der Waals surface area contributed by atoms with Crippen LogP contribution in [0.1, 0.15) is 143 Å². The summed E-state index contributed by atoms with van der Waals surface area (Å²) in [5.41, 5.74) is 3.56. The van der Waals surface area contributed by atoms with Gasteiger partial charge in [0.05, 0.1) is 6.17 Å². The molecule has 0 aromatic carbocycles. The number of tetrazole rings is 1. The topological polar surface area (TPSA) is 109 Å². The number of nitrogens with one attached hydrogen (secondary N) is 5. The van der Waals surface area contributed by atoms with Crippen LogP contribution in [-0.2, 0) is 0 Å². The Kier molecular flexibility index (Phi) is 23.2. The number of aromatic nitrogens is 4. The number of aromatic amines is 1. The molecule has 2 atom stereocenters. The number of anilines is 1. The fourth-order valence-electron chi connectivity index (χ4n) is 5.61. The van der Waals surface area contributed by atoms with Crippen LogP contribution in [0.15, 0.2) is 0 Å². The molecular formula is C31H68N10. The summed E-state index contributed by atoms with van der Waals surface area (Å²) in [7, 11) is 6.42. The fraction of sp³-hybridized carbons (Fsp3) is 0.968. The number of H-pyrrole nitrogens is 1. The molecule has 242 valence electrons. The molecule has 0 radical (unpaired) electrons. The fourth-order valence-corrected chi connectivity index (χ4v) is 5.61. The van der Waals surface area contributed by atoms with E-state index in [9.17, 15) is 0 Å². The second-order valence-electron chi connectivity index (χ2n) is 11.8. The molecule has 10 nitrogen and oxygen atoms in total. The highest BCUT2D eigenvalue weighted by Crippen LogP contribution is 2.18. The Morgan fingerprint density at radius 1 is 0.732 bits per heavy atom. The minimum Gasteiger partial charge on any atom is -0.299 e. The second kappa shape index (κ2) is 25.2. The van der Waals surface area contributed by atoms with Gasteiger partial charge in [0, 0.05) is 6.54 Å². The lowest BCUT2D eigenvalue weighted by atomic mass is 10.0. The Balaban J connectivity index is 2.36. The van der Waals surface area contributed by atoms with E-state index in [1.807, 2.05) is 7.05 Å². The van der Waals surface area contributed by atoms with E-state index in [4.69, 9.17) is 0 Å². The van der Waals surface area contributed by atoms with Crippen molar-refractivity contribution in [1.82, 2.24) is 46.9 Å². The third-order valence-electron chi connectivity index (χ3n) is 8.20. The first-order chi connectivity index (χ1) is 20.0. The van der Waals surface area contributed by atoms with Gasteiger partial charge in [0.1, 0.15) is 5.79 Å². The molecule has 1 heterocycles. The van der Waals surface area contributed by atoms with Gasteiger partial charge in [-0.25, -0.2) is 5.43 Å². The van der Waals surface area contributed by atoms with Gasteiger partial charge in [-0.1, -0.05) is 109 Å². The van der Waals surface area contributed by atoms with Gasteiger partial charge in [-0.05, 0) is 78.0 Å². The van der Waals surface area contributed by atoms with Crippen molar-refractivity contribution in [3.63, 3.8) is 0 Å². The summed E-state index contributed by atoms with van der Waals surface area (Å²) in [6, 6.07) is 0. The molecule has 41 heavy (non-hydrogen) atoms. The Morgan fingerprint density at radius 2 is 1.32 bits per heavy atom. The standard InChI is InChI=1S/C31H68N10/c1-7-10-12-14-20-24-28-35-41(30-36-38-39-37-30)29(32-4)25-21-17-15-16-18-22-26-31(33-9-3,40(5)6)34-27-23-19-13-11-8-2/h29,32-35H,7-28H2,1-6H3,(H,36,37,38,39). The number of hydrazine groups is 1. The van der Waals surface area contributed by atoms with Crippen molar-refractivity contribution in [2.24, 2.45) is 0 Å². The molecule has 0 aliphatic carbocycles. The van der Waals surface area contributed by atoms with Crippen LogP contribution in [0.25, 0.3) is 0 Å². The quantitative estimate of drug-likeness (QED) is 0.0430. The molecule has 0 aliphatic heterocycles. The average molecular weight is 581 g/mol. The minimum atomic E-state index is -0.0966. The van der Waals surface area contributed by atoms with Gasteiger partial charge < -0.3 is 0 Å². The maximum Gasteiger partial charge on any atom is 0.281 e. The van der Waals surface area contributed by atoms with Crippen LogP contribution in [0.5, 0.6) is 0 Å². The molecule has 0 amide bonds. The first-order valence-electron chi connectivity index (χ1n) is 17.2. The van der Waals surface area contributed by atoms with Gasteiger partial charge in [-0.2, -0.15) is 5.21 Å². The summed E-state index contributed by atoms with van der Waals surface area (Å²) in [5, 5.41) is 28.0. The Hall–Kier alpha value is -1.33. The highest BCUT2D eigenvalue weighted by Gasteiger charge is 2.30. The summed E-state index contributed by atoms with van der Waals surface area (Å²) < 4.78 is 0. The molecule has 0 saturated carbocycles. The van der Waals surface area contributed by atoms with E-state index >= 15 is 0 Å². The van der Waals surface area contributed by atoms with Crippen molar-refractivity contribution in [1.29, 1.82) is 0 Å². The number of unbranched alkanes of at least 4 members (excludes halogenated alkanes) is 14. The molecule has 0 saturated heterocycles. The summed E-state index contributed by atoms with van der Waals surface area (Å²) in [4.78, 5) is 2.34. The second-order valence-corrected chi connectivity index (χ2v) is 11.8. The van der Waals surface area contributed by atoms with Crippen molar-refractivity contribution >= 4 is 5.95 Å². The zero-order chi connectivity index (χ0) is 30.0. The van der Waals surface area contributed by atoms with Crippen molar-refractivity contribution in [3.05, 3.63) is 0 Å². The largest absolute Gasteiger partial charge is 0.299 e. The Labute approximate surface area is 253 Å². The van der Waals surface area contributed by atoms with Crippen LogP contribution in [0.3, 0.4) is 0 Å². The van der Waals surface area contributed by atoms with E-state index in [1.165, 1.54) is 103 Å². The van der Waals surface area contributed by atoms with Gasteiger partial charge >= 0.3 is 0 Å². The van der Waals surface area contributed by atoms with Crippen LogP contribution in [-0.4, -0.2) is 78.3 Å². The molecule has 0 spiro atoms. The van der Waals surface area contributed by atoms with E-state index in [2.05, 4.69) is 86.8 Å². The highest BCUT2D eigenvalue weighted by molar-refractivity contribution is 5.25. The molecule has 5 N–H and O–H groups in total. The Bertz CT molecular complexity index is 672. The maximum atomic E-state index is 4.25. The van der Waals surface area contributed by atoms with E-state index in [-0.39, 0.29) is 12.0 Å². The first-order valence-corrected chi connectivity index (χ1v) is 17.2. The first kappa shape index (κ1) is 37.7. The smallest absolute Gasteiger partial charge is 0.281 e. The zero-order valence-electron chi connectivity index (χ0n) is 27.9. The predicted octanol–water partition coefficient (Wildman–Crippen LogP) is 5.92. The number of nitrogens with zero attached hydrogens (tertiary/aromatic N) is 5. The van der Waals surface area contributed by atoms with Gasteiger partial charge in [0.15, 0.2) is 0 Å². The van der Waals surface area contributed by atoms with Crippen molar-refractivity contribution in [2.45, 2.75) is 155 Å². The minimum absolute atomic E-state index is 0.0966. The lowest BCUT2D eigenvalue weighted by molar-refractivity contribution is 0.0567. The van der Waals surface area contributed by atoms with Gasteiger partial charge in [-0.15, -0.1) is 5.10 Å². The zero-order valence-corrected chi connectivity index (χ0v) is 27.9. The molecular weight excluding hydrogens is 512 g/mol. The highest BCUT2D eigenvalue weighted by atomic mass is 15.6. The average Bonchev–Trinajstić information content (AvgIpc) is 3.50.